The molecule has 3 heterocycles. The van der Waals surface area contributed by atoms with Crippen LogP contribution in [0, 0.1) is 0 Å². The minimum atomic E-state index is 0.310. The third-order valence-corrected chi connectivity index (χ3v) is 4.58. The molecule has 3 aromatic rings. The van der Waals surface area contributed by atoms with Gasteiger partial charge in [-0.1, -0.05) is 18.2 Å². The fourth-order valence-corrected chi connectivity index (χ4v) is 3.41. The topological polar surface area (TPSA) is 64.3 Å². The number of aromatic nitrogens is 3. The molecule has 6 nitrogen and oxygen atoms in total. The summed E-state index contributed by atoms with van der Waals surface area (Å²) >= 11 is 0. The number of ether oxygens (including phenoxy) is 1. The Morgan fingerprint density at radius 3 is 2.96 bits per heavy atom. The Morgan fingerprint density at radius 2 is 2.12 bits per heavy atom. The molecule has 128 valence electrons. The Bertz CT molecular complexity index is 834. The van der Waals surface area contributed by atoms with Crippen LogP contribution < -0.4 is 4.74 Å². The second-order valence-electron chi connectivity index (χ2n) is 6.11. The second-order valence-corrected chi connectivity index (χ2v) is 6.11. The summed E-state index contributed by atoms with van der Waals surface area (Å²) in [5, 5.41) is 8.36. The minimum Gasteiger partial charge on any atom is -0.496 e. The normalized spacial score (nSPS) is 17.7. The number of likely N-dealkylation sites (tertiary alicyclic amines) is 1. The maximum absolute atomic E-state index is 5.84. The van der Waals surface area contributed by atoms with Crippen LogP contribution in [-0.2, 0) is 6.54 Å². The lowest BCUT2D eigenvalue weighted by Crippen LogP contribution is -2.23. The van der Waals surface area contributed by atoms with Crippen LogP contribution in [0.4, 0.5) is 0 Å². The minimum absolute atomic E-state index is 0.310. The Kier molecular flexibility index (Phi) is 4.43. The van der Waals surface area contributed by atoms with E-state index in [1.165, 1.54) is 5.56 Å². The molecule has 0 saturated carbocycles. The zero-order valence-electron chi connectivity index (χ0n) is 14.1. The molecular formula is C19H20N4O2. The van der Waals surface area contributed by atoms with Crippen molar-refractivity contribution in [3.05, 3.63) is 60.2 Å². The molecule has 0 spiro atoms. The molecule has 1 aromatic carbocycles. The molecule has 4 rings (SSSR count). The first-order valence-corrected chi connectivity index (χ1v) is 8.45. The highest BCUT2D eigenvalue weighted by Gasteiger charge is 2.29. The largest absolute Gasteiger partial charge is 0.496 e. The summed E-state index contributed by atoms with van der Waals surface area (Å²) in [7, 11) is 1.72. The maximum Gasteiger partial charge on any atom is 0.249 e. The van der Waals surface area contributed by atoms with Gasteiger partial charge in [-0.15, -0.1) is 10.2 Å². The summed E-state index contributed by atoms with van der Waals surface area (Å²) in [6.45, 7) is 1.64. The summed E-state index contributed by atoms with van der Waals surface area (Å²) in [6, 6.07) is 12.3. The van der Waals surface area contributed by atoms with E-state index in [4.69, 9.17) is 9.15 Å². The molecule has 1 unspecified atom stereocenters. The number of methoxy groups -OCH3 is 1. The lowest BCUT2D eigenvalue weighted by atomic mass is 10.0. The summed E-state index contributed by atoms with van der Waals surface area (Å²) in [6.07, 6.45) is 5.70. The molecule has 1 aliphatic heterocycles. The summed E-state index contributed by atoms with van der Waals surface area (Å²) in [5.41, 5.74) is 2.05. The highest BCUT2D eigenvalue weighted by atomic mass is 16.5. The number of hydrogen-bond acceptors (Lipinski definition) is 6. The van der Waals surface area contributed by atoms with Crippen molar-refractivity contribution in [3.8, 4) is 17.2 Å². The average Bonchev–Trinajstić information content (AvgIpc) is 3.32. The molecule has 0 aliphatic carbocycles. The molecule has 0 radical (unpaired) electrons. The number of rotatable bonds is 5. The molecule has 1 aliphatic rings. The predicted molar refractivity (Wildman–Crippen MR) is 92.9 cm³/mol. The first-order valence-electron chi connectivity index (χ1n) is 8.45. The second kappa shape index (κ2) is 7.03. The lowest BCUT2D eigenvalue weighted by Gasteiger charge is -2.24. The number of hydrogen-bond donors (Lipinski definition) is 0. The van der Waals surface area contributed by atoms with Gasteiger partial charge in [0.05, 0.1) is 19.2 Å². The van der Waals surface area contributed by atoms with Crippen LogP contribution in [0.25, 0.3) is 11.5 Å². The predicted octanol–water partition coefficient (Wildman–Crippen LogP) is 3.48. The van der Waals surface area contributed by atoms with Gasteiger partial charge in [-0.3, -0.25) is 9.88 Å². The summed E-state index contributed by atoms with van der Waals surface area (Å²) < 4.78 is 11.4. The fourth-order valence-electron chi connectivity index (χ4n) is 3.41. The molecule has 1 saturated heterocycles. The average molecular weight is 336 g/mol. The highest BCUT2D eigenvalue weighted by molar-refractivity contribution is 5.49. The van der Waals surface area contributed by atoms with Crippen LogP contribution in [0.5, 0.6) is 5.75 Å². The van der Waals surface area contributed by atoms with Gasteiger partial charge < -0.3 is 9.15 Å². The van der Waals surface area contributed by atoms with Crippen molar-refractivity contribution in [3.63, 3.8) is 0 Å². The van der Waals surface area contributed by atoms with E-state index in [9.17, 15) is 0 Å². The van der Waals surface area contributed by atoms with Gasteiger partial charge in [-0.05, 0) is 37.6 Å². The van der Waals surface area contributed by atoms with E-state index in [0.29, 0.717) is 24.4 Å². The van der Waals surface area contributed by atoms with E-state index in [1.54, 1.807) is 19.5 Å². The van der Waals surface area contributed by atoms with E-state index < -0.39 is 0 Å². The maximum atomic E-state index is 5.84. The molecule has 0 N–H and O–H groups in total. The molecule has 2 aromatic heterocycles. The number of para-hydroxylation sites is 1. The number of benzene rings is 1. The summed E-state index contributed by atoms with van der Waals surface area (Å²) in [4.78, 5) is 6.47. The van der Waals surface area contributed by atoms with E-state index in [0.717, 1.165) is 30.7 Å². The molecule has 25 heavy (non-hydrogen) atoms. The molecule has 6 heteroatoms. The number of pyridine rings is 1. The monoisotopic (exact) mass is 336 g/mol. The molecule has 1 atom stereocenters. The van der Waals surface area contributed by atoms with E-state index >= 15 is 0 Å². The first-order chi connectivity index (χ1) is 12.3. The van der Waals surface area contributed by atoms with Crippen molar-refractivity contribution >= 4 is 0 Å². The van der Waals surface area contributed by atoms with E-state index in [2.05, 4.69) is 32.2 Å². The van der Waals surface area contributed by atoms with E-state index in [-0.39, 0.29) is 0 Å². The van der Waals surface area contributed by atoms with Crippen molar-refractivity contribution in [2.75, 3.05) is 13.7 Å². The molecule has 0 amide bonds. The van der Waals surface area contributed by atoms with Gasteiger partial charge in [-0.2, -0.15) is 0 Å². The van der Waals surface area contributed by atoms with Crippen LogP contribution in [0.3, 0.4) is 0 Å². The Hall–Kier alpha value is -2.73. The quantitative estimate of drug-likeness (QED) is 0.711. The van der Waals surface area contributed by atoms with Crippen LogP contribution in [-0.4, -0.2) is 33.7 Å². The third-order valence-electron chi connectivity index (χ3n) is 4.58. The lowest BCUT2D eigenvalue weighted by molar-refractivity contribution is 0.220. The van der Waals surface area contributed by atoms with Gasteiger partial charge in [-0.25, -0.2) is 0 Å². The molecule has 1 fully saturated rings. The standard InChI is InChI=1S/C19H20N4O2/c1-24-17-9-3-2-7-15(17)16-8-5-11-23(16)13-18-21-22-19(25-18)14-6-4-10-20-12-14/h2-4,6-7,9-10,12,16H,5,8,11,13H2,1H3. The van der Waals surface area contributed by atoms with Crippen molar-refractivity contribution in [2.24, 2.45) is 0 Å². The first kappa shape index (κ1) is 15.8. The number of nitrogens with zero attached hydrogens (tertiary/aromatic N) is 4. The van der Waals surface area contributed by atoms with Gasteiger partial charge >= 0.3 is 0 Å². The van der Waals surface area contributed by atoms with Crippen LogP contribution in [0.15, 0.2) is 53.2 Å². The van der Waals surface area contributed by atoms with Crippen molar-refractivity contribution in [1.82, 2.24) is 20.1 Å². The van der Waals surface area contributed by atoms with Crippen molar-refractivity contribution in [2.45, 2.75) is 25.4 Å². The third kappa shape index (κ3) is 3.25. The summed E-state index contributed by atoms with van der Waals surface area (Å²) in [5.74, 6) is 2.07. The van der Waals surface area contributed by atoms with Gasteiger partial charge in [0.15, 0.2) is 0 Å². The molecule has 0 bridgehead atoms. The van der Waals surface area contributed by atoms with E-state index in [1.807, 2.05) is 24.3 Å². The van der Waals surface area contributed by atoms with Crippen LogP contribution in [0.1, 0.15) is 30.3 Å². The van der Waals surface area contributed by atoms with Crippen LogP contribution >= 0.6 is 0 Å². The fraction of sp³-hybridized carbons (Fsp3) is 0.316. The zero-order valence-corrected chi connectivity index (χ0v) is 14.1. The Labute approximate surface area is 146 Å². The molecular weight excluding hydrogens is 316 g/mol. The van der Waals surface area contributed by atoms with Crippen molar-refractivity contribution in [1.29, 1.82) is 0 Å². The smallest absolute Gasteiger partial charge is 0.249 e. The zero-order chi connectivity index (χ0) is 17.1. The van der Waals surface area contributed by atoms with Gasteiger partial charge in [0, 0.05) is 24.0 Å². The van der Waals surface area contributed by atoms with Crippen molar-refractivity contribution < 1.29 is 9.15 Å². The SMILES string of the molecule is COc1ccccc1C1CCCN1Cc1nnc(-c2cccnc2)o1. The van der Waals surface area contributed by atoms with Gasteiger partial charge in [0.2, 0.25) is 11.8 Å². The highest BCUT2D eigenvalue weighted by Crippen LogP contribution is 2.37. The van der Waals surface area contributed by atoms with Gasteiger partial charge in [0.1, 0.15) is 5.75 Å². The Morgan fingerprint density at radius 1 is 1.20 bits per heavy atom. The van der Waals surface area contributed by atoms with Gasteiger partial charge in [0.25, 0.3) is 0 Å². The Balaban J connectivity index is 1.53. The van der Waals surface area contributed by atoms with Crippen LogP contribution in [0.2, 0.25) is 0 Å².